The van der Waals surface area contributed by atoms with Crippen LogP contribution < -0.4 is 5.63 Å². The van der Waals surface area contributed by atoms with Crippen molar-refractivity contribution in [2.45, 2.75) is 0 Å². The van der Waals surface area contributed by atoms with E-state index in [0.717, 1.165) is 16.5 Å². The largest absolute Gasteiger partial charge is 0.422 e. The number of benzene rings is 2. The molecule has 2 aromatic carbocycles. The molecule has 0 aliphatic carbocycles. The molecule has 0 N–H and O–H groups in total. The molecule has 90 valence electrons. The minimum Gasteiger partial charge on any atom is -0.422 e. The molecule has 3 rings (SSSR count). The van der Waals surface area contributed by atoms with Gasteiger partial charge >= 0.3 is 5.63 Å². The maximum absolute atomic E-state index is 11.5. The zero-order chi connectivity index (χ0) is 13.2. The van der Waals surface area contributed by atoms with E-state index >= 15 is 0 Å². The molecule has 3 aromatic rings. The third-order valence-corrected chi connectivity index (χ3v) is 2.99. The molecule has 1 heterocycles. The van der Waals surface area contributed by atoms with Gasteiger partial charge in [0.05, 0.1) is 0 Å². The van der Waals surface area contributed by atoms with Gasteiger partial charge < -0.3 is 4.42 Å². The number of hydrogen-bond donors (Lipinski definition) is 0. The molecule has 0 aliphatic rings. The lowest BCUT2D eigenvalue weighted by Crippen LogP contribution is -2.02. The average Bonchev–Trinajstić information content (AvgIpc) is 2.47. The number of terminal acetylenes is 1. The Bertz CT molecular complexity index is 837. The smallest absolute Gasteiger partial charge is 0.352 e. The van der Waals surface area contributed by atoms with Crippen molar-refractivity contribution in [1.82, 2.24) is 0 Å². The number of rotatable bonds is 1. The van der Waals surface area contributed by atoms with Gasteiger partial charge in [-0.05, 0) is 29.3 Å². The highest BCUT2D eigenvalue weighted by molar-refractivity contribution is 5.83. The quantitative estimate of drug-likeness (QED) is 0.486. The Labute approximate surface area is 110 Å². The van der Waals surface area contributed by atoms with E-state index in [-0.39, 0.29) is 5.56 Å². The molecule has 0 saturated heterocycles. The Balaban J connectivity index is 2.24. The van der Waals surface area contributed by atoms with E-state index in [0.29, 0.717) is 5.58 Å². The summed E-state index contributed by atoms with van der Waals surface area (Å²) < 4.78 is 5.18. The first-order valence-corrected chi connectivity index (χ1v) is 5.88. The summed E-state index contributed by atoms with van der Waals surface area (Å²) in [6, 6.07) is 17.4. The van der Waals surface area contributed by atoms with Crippen molar-refractivity contribution < 1.29 is 4.42 Å². The van der Waals surface area contributed by atoms with Crippen molar-refractivity contribution in [3.8, 4) is 23.5 Å². The third kappa shape index (κ3) is 2.02. The summed E-state index contributed by atoms with van der Waals surface area (Å²) in [4.78, 5) is 11.5. The average molecular weight is 246 g/mol. The van der Waals surface area contributed by atoms with Gasteiger partial charge in [-0.1, -0.05) is 42.3 Å². The van der Waals surface area contributed by atoms with Gasteiger partial charge in [0.15, 0.2) is 0 Å². The molecule has 0 radical (unpaired) electrons. The zero-order valence-corrected chi connectivity index (χ0v) is 10.1. The van der Waals surface area contributed by atoms with Crippen molar-refractivity contribution in [1.29, 1.82) is 0 Å². The van der Waals surface area contributed by atoms with E-state index in [9.17, 15) is 4.79 Å². The molecular weight excluding hydrogens is 236 g/mol. The molecule has 0 bridgehead atoms. The minimum atomic E-state index is -0.470. The van der Waals surface area contributed by atoms with Crippen molar-refractivity contribution >= 4 is 11.0 Å². The summed E-state index contributed by atoms with van der Waals surface area (Å²) in [6.07, 6.45) is 5.28. The first-order chi connectivity index (χ1) is 9.28. The number of fused-ring (bicyclic) bond motifs is 1. The lowest BCUT2D eigenvalue weighted by atomic mass is 10.0. The summed E-state index contributed by atoms with van der Waals surface area (Å²) in [5.74, 6) is 2.34. The Morgan fingerprint density at radius 3 is 2.47 bits per heavy atom. The van der Waals surface area contributed by atoms with Crippen LogP contribution in [-0.4, -0.2) is 0 Å². The van der Waals surface area contributed by atoms with E-state index in [1.807, 2.05) is 42.5 Å². The van der Waals surface area contributed by atoms with Crippen molar-refractivity contribution in [2.24, 2.45) is 0 Å². The predicted octanol–water partition coefficient (Wildman–Crippen LogP) is 3.44. The predicted molar refractivity (Wildman–Crippen MR) is 75.9 cm³/mol. The van der Waals surface area contributed by atoms with Crippen molar-refractivity contribution in [3.05, 3.63) is 70.6 Å². The highest BCUT2D eigenvalue weighted by Crippen LogP contribution is 2.23. The fourth-order valence-corrected chi connectivity index (χ4v) is 2.03. The van der Waals surface area contributed by atoms with Crippen LogP contribution in [0.3, 0.4) is 0 Å². The molecule has 0 unspecified atom stereocenters. The Morgan fingerprint density at radius 2 is 1.74 bits per heavy atom. The van der Waals surface area contributed by atoms with Gasteiger partial charge in [0, 0.05) is 5.39 Å². The molecular formula is C17H10O2. The first kappa shape index (κ1) is 11.3. The molecule has 0 fully saturated rings. The maximum Gasteiger partial charge on any atom is 0.352 e. The molecule has 2 heteroatoms. The lowest BCUT2D eigenvalue weighted by molar-refractivity contribution is 0.559. The second-order valence-corrected chi connectivity index (χ2v) is 4.21. The van der Waals surface area contributed by atoms with Crippen LogP contribution in [0, 0.1) is 12.3 Å². The van der Waals surface area contributed by atoms with Crippen LogP contribution in [0.4, 0.5) is 0 Å². The maximum atomic E-state index is 11.5. The van der Waals surface area contributed by atoms with Crippen molar-refractivity contribution in [3.63, 3.8) is 0 Å². The molecule has 0 spiro atoms. The summed E-state index contributed by atoms with van der Waals surface area (Å²) in [5, 5.41) is 0.828. The Kier molecular flexibility index (Phi) is 2.66. The van der Waals surface area contributed by atoms with Crippen LogP contribution in [0.15, 0.2) is 63.8 Å². The minimum absolute atomic E-state index is 0.248. The Morgan fingerprint density at radius 1 is 0.947 bits per heavy atom. The van der Waals surface area contributed by atoms with Gasteiger partial charge in [0.1, 0.15) is 11.1 Å². The summed E-state index contributed by atoms with van der Waals surface area (Å²) in [7, 11) is 0. The van der Waals surface area contributed by atoms with Crippen LogP contribution >= 0.6 is 0 Å². The van der Waals surface area contributed by atoms with E-state index in [2.05, 4.69) is 5.92 Å². The SMILES string of the molecule is C#Cc1cc2cc(-c3ccccc3)ccc2oc1=O. The molecule has 0 amide bonds. The van der Waals surface area contributed by atoms with Crippen LogP contribution in [0.25, 0.3) is 22.1 Å². The topological polar surface area (TPSA) is 30.2 Å². The molecule has 0 atom stereocenters. The second kappa shape index (κ2) is 4.47. The summed E-state index contributed by atoms with van der Waals surface area (Å²) in [5.41, 5.74) is 2.49. The van der Waals surface area contributed by atoms with Gasteiger partial charge in [-0.2, -0.15) is 0 Å². The van der Waals surface area contributed by atoms with E-state index in [1.165, 1.54) is 0 Å². The monoisotopic (exact) mass is 246 g/mol. The van der Waals surface area contributed by atoms with Gasteiger partial charge in [0.2, 0.25) is 0 Å². The Hall–Kier alpha value is -2.79. The molecule has 2 nitrogen and oxygen atoms in total. The van der Waals surface area contributed by atoms with Gasteiger partial charge in [-0.3, -0.25) is 0 Å². The second-order valence-electron chi connectivity index (χ2n) is 4.21. The van der Waals surface area contributed by atoms with Gasteiger partial charge in [0.25, 0.3) is 0 Å². The summed E-state index contributed by atoms with van der Waals surface area (Å²) in [6.45, 7) is 0. The lowest BCUT2D eigenvalue weighted by Gasteiger charge is -2.03. The van der Waals surface area contributed by atoms with E-state index in [4.69, 9.17) is 10.8 Å². The summed E-state index contributed by atoms with van der Waals surface area (Å²) >= 11 is 0. The molecule has 0 saturated carbocycles. The van der Waals surface area contributed by atoms with Crippen LogP contribution in [0.1, 0.15) is 5.56 Å². The highest BCUT2D eigenvalue weighted by Gasteiger charge is 2.04. The third-order valence-electron chi connectivity index (χ3n) is 2.99. The molecule has 19 heavy (non-hydrogen) atoms. The molecule has 0 aliphatic heterocycles. The number of hydrogen-bond acceptors (Lipinski definition) is 2. The fraction of sp³-hybridized carbons (Fsp3) is 0. The van der Waals surface area contributed by atoms with Crippen LogP contribution in [-0.2, 0) is 0 Å². The van der Waals surface area contributed by atoms with Gasteiger partial charge in [-0.15, -0.1) is 6.42 Å². The zero-order valence-electron chi connectivity index (χ0n) is 10.1. The normalized spacial score (nSPS) is 10.3. The molecule has 1 aromatic heterocycles. The standard InChI is InChI=1S/C17H10O2/c1-2-12-10-15-11-14(13-6-4-3-5-7-13)8-9-16(15)19-17(12)18/h1,3-11H. The van der Waals surface area contributed by atoms with E-state index in [1.54, 1.807) is 12.1 Å². The van der Waals surface area contributed by atoms with Crippen LogP contribution in [0.5, 0.6) is 0 Å². The first-order valence-electron chi connectivity index (χ1n) is 5.88. The van der Waals surface area contributed by atoms with Gasteiger partial charge in [-0.25, -0.2) is 4.79 Å². The highest BCUT2D eigenvalue weighted by atomic mass is 16.4. The van der Waals surface area contributed by atoms with E-state index < -0.39 is 5.63 Å². The fourth-order valence-electron chi connectivity index (χ4n) is 2.03. The van der Waals surface area contributed by atoms with Crippen LogP contribution in [0.2, 0.25) is 0 Å². The van der Waals surface area contributed by atoms with Crippen molar-refractivity contribution in [2.75, 3.05) is 0 Å².